The molecule has 0 aliphatic rings. The summed E-state index contributed by atoms with van der Waals surface area (Å²) in [6.45, 7) is 0. The zero-order valence-electron chi connectivity index (χ0n) is 11.6. The van der Waals surface area contributed by atoms with E-state index >= 15 is 0 Å². The van der Waals surface area contributed by atoms with E-state index in [1.54, 1.807) is 36.0 Å². The maximum absolute atomic E-state index is 12.2. The van der Waals surface area contributed by atoms with Gasteiger partial charge in [0.15, 0.2) is 5.82 Å². The van der Waals surface area contributed by atoms with Gasteiger partial charge in [-0.15, -0.1) is 5.10 Å². The summed E-state index contributed by atoms with van der Waals surface area (Å²) in [5.74, 6) is 0.349. The summed E-state index contributed by atoms with van der Waals surface area (Å²) >= 11 is 5.71. The smallest absolute Gasteiger partial charge is 0.257 e. The Morgan fingerprint density at radius 1 is 1.27 bits per heavy atom. The number of anilines is 1. The summed E-state index contributed by atoms with van der Waals surface area (Å²) in [5.41, 5.74) is 1.87. The average molecular weight is 315 g/mol. The maximum Gasteiger partial charge on any atom is 0.257 e. The Labute approximate surface area is 130 Å². The fourth-order valence-corrected chi connectivity index (χ4v) is 2.04. The minimum Gasteiger partial charge on any atom is -0.322 e. The number of nitrogens with one attached hydrogen (secondary N) is 1. The van der Waals surface area contributed by atoms with Gasteiger partial charge in [-0.05, 0) is 34.7 Å². The van der Waals surface area contributed by atoms with Gasteiger partial charge in [-0.25, -0.2) is 9.67 Å². The number of tetrazole rings is 1. The van der Waals surface area contributed by atoms with Crippen molar-refractivity contribution in [1.82, 2.24) is 25.2 Å². The van der Waals surface area contributed by atoms with Crippen LogP contribution >= 0.6 is 11.6 Å². The molecule has 0 atom stereocenters. The molecule has 0 saturated heterocycles. The highest BCUT2D eigenvalue weighted by Crippen LogP contribution is 2.20. The Morgan fingerprint density at radius 2 is 2.14 bits per heavy atom. The highest BCUT2D eigenvalue weighted by atomic mass is 35.5. The predicted molar refractivity (Wildman–Crippen MR) is 81.4 cm³/mol. The number of hydrogen-bond donors (Lipinski definition) is 1. The van der Waals surface area contributed by atoms with Crippen LogP contribution in [-0.4, -0.2) is 31.1 Å². The number of benzene rings is 1. The van der Waals surface area contributed by atoms with Gasteiger partial charge in [0.1, 0.15) is 5.15 Å². The highest BCUT2D eigenvalue weighted by Gasteiger charge is 2.09. The molecule has 3 rings (SSSR count). The molecule has 2 heterocycles. The molecule has 1 amide bonds. The van der Waals surface area contributed by atoms with Crippen molar-refractivity contribution >= 4 is 23.2 Å². The van der Waals surface area contributed by atoms with Crippen LogP contribution in [0.15, 0.2) is 42.6 Å². The minimum atomic E-state index is -0.266. The summed E-state index contributed by atoms with van der Waals surface area (Å²) in [6.07, 6.45) is 1.42. The molecule has 110 valence electrons. The van der Waals surface area contributed by atoms with Gasteiger partial charge < -0.3 is 5.32 Å². The zero-order valence-corrected chi connectivity index (χ0v) is 12.3. The normalized spacial score (nSPS) is 10.5. The molecule has 22 heavy (non-hydrogen) atoms. The van der Waals surface area contributed by atoms with Gasteiger partial charge in [0.05, 0.1) is 5.56 Å². The molecular formula is C14H11ClN6O. The van der Waals surface area contributed by atoms with Crippen molar-refractivity contribution in [3.63, 3.8) is 0 Å². The van der Waals surface area contributed by atoms with Crippen molar-refractivity contribution in [2.75, 3.05) is 5.32 Å². The second kappa shape index (κ2) is 5.90. The second-order valence-electron chi connectivity index (χ2n) is 4.53. The number of hydrogen-bond acceptors (Lipinski definition) is 5. The first-order chi connectivity index (χ1) is 10.6. The lowest BCUT2D eigenvalue weighted by atomic mass is 10.2. The third-order valence-electron chi connectivity index (χ3n) is 2.99. The Morgan fingerprint density at radius 3 is 2.82 bits per heavy atom. The van der Waals surface area contributed by atoms with Crippen LogP contribution in [0.5, 0.6) is 0 Å². The van der Waals surface area contributed by atoms with Crippen molar-refractivity contribution in [3.8, 4) is 11.4 Å². The third kappa shape index (κ3) is 2.94. The molecule has 7 nitrogen and oxygen atoms in total. The van der Waals surface area contributed by atoms with E-state index in [2.05, 4.69) is 25.8 Å². The predicted octanol–water partition coefficient (Wildman–Crippen LogP) is 2.18. The lowest BCUT2D eigenvalue weighted by Crippen LogP contribution is -2.12. The summed E-state index contributed by atoms with van der Waals surface area (Å²) in [7, 11) is 1.75. The third-order valence-corrected chi connectivity index (χ3v) is 3.21. The highest BCUT2D eigenvalue weighted by molar-refractivity contribution is 6.29. The molecule has 0 fully saturated rings. The number of aromatic nitrogens is 5. The van der Waals surface area contributed by atoms with Crippen LogP contribution in [0.25, 0.3) is 11.4 Å². The van der Waals surface area contributed by atoms with Crippen LogP contribution in [0.3, 0.4) is 0 Å². The van der Waals surface area contributed by atoms with Gasteiger partial charge in [-0.1, -0.05) is 23.7 Å². The van der Waals surface area contributed by atoms with Crippen molar-refractivity contribution in [3.05, 3.63) is 53.3 Å². The van der Waals surface area contributed by atoms with Gasteiger partial charge in [0, 0.05) is 24.5 Å². The number of halogens is 1. The number of nitrogens with zero attached hydrogens (tertiary/aromatic N) is 5. The summed E-state index contributed by atoms with van der Waals surface area (Å²) in [5, 5.41) is 14.5. The molecule has 1 N–H and O–H groups in total. The molecule has 0 radical (unpaired) electrons. The van der Waals surface area contributed by atoms with E-state index in [0.717, 1.165) is 5.56 Å². The fraction of sp³-hybridized carbons (Fsp3) is 0.0714. The van der Waals surface area contributed by atoms with E-state index in [-0.39, 0.29) is 5.91 Å². The fourth-order valence-electron chi connectivity index (χ4n) is 1.92. The number of amides is 1. The van der Waals surface area contributed by atoms with E-state index in [1.807, 2.05) is 12.1 Å². The first-order valence-electron chi connectivity index (χ1n) is 6.39. The van der Waals surface area contributed by atoms with Gasteiger partial charge >= 0.3 is 0 Å². The standard InChI is InChI=1S/C14H11ClN6O/c1-21-13(18-19-20-21)9-3-2-4-11(7-9)17-14(22)10-5-6-12(15)16-8-10/h2-8H,1H3,(H,17,22). The van der Waals surface area contributed by atoms with E-state index in [0.29, 0.717) is 22.2 Å². The Kier molecular flexibility index (Phi) is 3.80. The molecule has 2 aromatic heterocycles. The van der Waals surface area contributed by atoms with E-state index in [9.17, 15) is 4.79 Å². The number of pyridine rings is 1. The molecular weight excluding hydrogens is 304 g/mol. The lowest BCUT2D eigenvalue weighted by Gasteiger charge is -2.07. The Balaban J connectivity index is 1.82. The largest absolute Gasteiger partial charge is 0.322 e. The van der Waals surface area contributed by atoms with Crippen LogP contribution < -0.4 is 5.32 Å². The van der Waals surface area contributed by atoms with Crippen molar-refractivity contribution in [2.45, 2.75) is 0 Å². The molecule has 0 saturated carbocycles. The number of rotatable bonds is 3. The SMILES string of the molecule is Cn1nnnc1-c1cccc(NC(=O)c2ccc(Cl)nc2)c1. The molecule has 3 aromatic rings. The van der Waals surface area contributed by atoms with Crippen molar-refractivity contribution in [2.24, 2.45) is 7.05 Å². The van der Waals surface area contributed by atoms with Crippen LogP contribution in [-0.2, 0) is 7.05 Å². The van der Waals surface area contributed by atoms with Gasteiger partial charge in [-0.3, -0.25) is 4.79 Å². The van der Waals surface area contributed by atoms with Crippen molar-refractivity contribution < 1.29 is 4.79 Å². The van der Waals surface area contributed by atoms with Crippen molar-refractivity contribution in [1.29, 1.82) is 0 Å². The lowest BCUT2D eigenvalue weighted by molar-refractivity contribution is 0.102. The zero-order chi connectivity index (χ0) is 15.5. The maximum atomic E-state index is 12.2. The van der Waals surface area contributed by atoms with E-state index in [1.165, 1.54) is 6.20 Å². The monoisotopic (exact) mass is 314 g/mol. The first kappa shape index (κ1) is 14.2. The summed E-state index contributed by atoms with van der Waals surface area (Å²) < 4.78 is 1.56. The van der Waals surface area contributed by atoms with Gasteiger partial charge in [-0.2, -0.15) is 0 Å². The van der Waals surface area contributed by atoms with Gasteiger partial charge in [0.25, 0.3) is 5.91 Å². The quantitative estimate of drug-likeness (QED) is 0.749. The molecule has 0 aliphatic heterocycles. The van der Waals surface area contributed by atoms with Crippen LogP contribution in [0.1, 0.15) is 10.4 Å². The molecule has 1 aromatic carbocycles. The Bertz CT molecular complexity index is 814. The van der Waals surface area contributed by atoms with E-state index < -0.39 is 0 Å². The average Bonchev–Trinajstić information content (AvgIpc) is 2.94. The molecule has 8 heteroatoms. The number of carbonyl (C=O) groups is 1. The van der Waals surface area contributed by atoms with Crippen LogP contribution in [0, 0.1) is 0 Å². The number of aryl methyl sites for hydroxylation is 1. The summed E-state index contributed by atoms with van der Waals surface area (Å²) in [4.78, 5) is 16.0. The van der Waals surface area contributed by atoms with Crippen LogP contribution in [0.2, 0.25) is 5.15 Å². The number of carbonyl (C=O) groups excluding carboxylic acids is 1. The summed E-state index contributed by atoms with van der Waals surface area (Å²) in [6, 6.07) is 10.5. The Hall–Kier alpha value is -2.80. The molecule has 0 bridgehead atoms. The second-order valence-corrected chi connectivity index (χ2v) is 4.92. The van der Waals surface area contributed by atoms with Crippen LogP contribution in [0.4, 0.5) is 5.69 Å². The molecule has 0 aliphatic carbocycles. The first-order valence-corrected chi connectivity index (χ1v) is 6.77. The minimum absolute atomic E-state index is 0.266. The molecule has 0 unspecified atom stereocenters. The van der Waals surface area contributed by atoms with E-state index in [4.69, 9.17) is 11.6 Å². The van der Waals surface area contributed by atoms with Gasteiger partial charge in [0.2, 0.25) is 0 Å². The molecule has 0 spiro atoms. The topological polar surface area (TPSA) is 85.6 Å².